The van der Waals surface area contributed by atoms with Gasteiger partial charge in [-0.25, -0.2) is 0 Å². The lowest BCUT2D eigenvalue weighted by molar-refractivity contribution is 0.307. The van der Waals surface area contributed by atoms with E-state index in [1.807, 2.05) is 36.5 Å². The summed E-state index contributed by atoms with van der Waals surface area (Å²) in [5.41, 5.74) is 8.95. The van der Waals surface area contributed by atoms with E-state index in [0.717, 1.165) is 27.8 Å². The van der Waals surface area contributed by atoms with Gasteiger partial charge >= 0.3 is 0 Å². The second-order valence-electron chi connectivity index (χ2n) is 4.64. The van der Waals surface area contributed by atoms with E-state index in [-0.39, 0.29) is 0 Å². The molecule has 0 amide bonds. The number of nitrogens with two attached hydrogens (primary N) is 1. The van der Waals surface area contributed by atoms with Gasteiger partial charge < -0.3 is 15.5 Å². The van der Waals surface area contributed by atoms with Crippen LogP contribution in [0.15, 0.2) is 48.7 Å². The summed E-state index contributed by atoms with van der Waals surface area (Å²) in [4.78, 5) is 3.25. The number of ether oxygens (including phenoxy) is 1. The van der Waals surface area contributed by atoms with Crippen LogP contribution in [0.25, 0.3) is 10.9 Å². The number of aromatic amines is 1. The van der Waals surface area contributed by atoms with Gasteiger partial charge in [-0.2, -0.15) is 0 Å². The molecule has 3 rings (SSSR count). The highest BCUT2D eigenvalue weighted by Crippen LogP contribution is 2.23. The Hall–Kier alpha value is -1.97. The molecule has 0 spiro atoms. The molecule has 0 saturated heterocycles. The minimum Gasteiger partial charge on any atom is -0.489 e. The average Bonchev–Trinajstić information content (AvgIpc) is 2.87. The average molecular weight is 287 g/mol. The molecule has 0 aliphatic heterocycles. The van der Waals surface area contributed by atoms with Crippen LogP contribution in [0.2, 0.25) is 5.02 Å². The van der Waals surface area contributed by atoms with Crippen LogP contribution in [0.1, 0.15) is 11.1 Å². The highest BCUT2D eigenvalue weighted by Gasteiger charge is 2.05. The summed E-state index contributed by atoms with van der Waals surface area (Å²) >= 11 is 5.94. The van der Waals surface area contributed by atoms with Crippen molar-refractivity contribution in [1.82, 2.24) is 4.98 Å². The molecule has 102 valence electrons. The molecule has 20 heavy (non-hydrogen) atoms. The second-order valence-corrected chi connectivity index (χ2v) is 5.08. The summed E-state index contributed by atoms with van der Waals surface area (Å²) in [5, 5.41) is 1.83. The molecule has 0 aliphatic carbocycles. The normalized spacial score (nSPS) is 10.9. The SMILES string of the molecule is NCc1ccc2c(COc3cccc(Cl)c3)c[nH]c2c1. The van der Waals surface area contributed by atoms with Crippen molar-refractivity contribution in [2.24, 2.45) is 5.73 Å². The van der Waals surface area contributed by atoms with Crippen LogP contribution in [0, 0.1) is 0 Å². The highest BCUT2D eigenvalue weighted by atomic mass is 35.5. The monoisotopic (exact) mass is 286 g/mol. The lowest BCUT2D eigenvalue weighted by Crippen LogP contribution is -1.96. The molecule has 0 aliphatic rings. The standard InChI is InChI=1S/C16H15ClN2O/c17-13-2-1-3-14(7-13)20-10-12-9-19-16-6-11(8-18)4-5-15(12)16/h1-7,9,19H,8,10,18H2. The summed E-state index contributed by atoms with van der Waals surface area (Å²) < 4.78 is 5.77. The number of hydrogen-bond donors (Lipinski definition) is 2. The molecule has 3 nitrogen and oxygen atoms in total. The fourth-order valence-corrected chi connectivity index (χ4v) is 2.38. The summed E-state index contributed by atoms with van der Waals surface area (Å²) in [7, 11) is 0. The maximum atomic E-state index is 5.94. The number of H-pyrrole nitrogens is 1. The third kappa shape index (κ3) is 2.64. The van der Waals surface area contributed by atoms with E-state index in [4.69, 9.17) is 22.1 Å². The molecule has 3 N–H and O–H groups in total. The zero-order valence-corrected chi connectivity index (χ0v) is 11.7. The van der Waals surface area contributed by atoms with Gasteiger partial charge in [-0.15, -0.1) is 0 Å². The molecule has 0 bridgehead atoms. The van der Waals surface area contributed by atoms with Crippen molar-refractivity contribution < 1.29 is 4.74 Å². The second kappa shape index (κ2) is 5.57. The molecule has 0 atom stereocenters. The number of aromatic nitrogens is 1. The first-order chi connectivity index (χ1) is 9.76. The molecule has 0 unspecified atom stereocenters. The van der Waals surface area contributed by atoms with E-state index < -0.39 is 0 Å². The smallest absolute Gasteiger partial charge is 0.121 e. The van der Waals surface area contributed by atoms with Gasteiger partial charge in [-0.05, 0) is 29.8 Å². The fourth-order valence-electron chi connectivity index (χ4n) is 2.20. The molecule has 3 aromatic rings. The van der Waals surface area contributed by atoms with E-state index in [9.17, 15) is 0 Å². The van der Waals surface area contributed by atoms with E-state index in [0.29, 0.717) is 18.2 Å². The number of halogens is 1. The fraction of sp³-hybridized carbons (Fsp3) is 0.125. The first kappa shape index (κ1) is 13.0. The molecule has 4 heteroatoms. The van der Waals surface area contributed by atoms with Crippen molar-refractivity contribution in [2.75, 3.05) is 0 Å². The van der Waals surface area contributed by atoms with Crippen molar-refractivity contribution in [1.29, 1.82) is 0 Å². The first-order valence-corrected chi connectivity index (χ1v) is 6.81. The number of nitrogens with one attached hydrogen (secondary N) is 1. The zero-order chi connectivity index (χ0) is 13.9. The number of hydrogen-bond acceptors (Lipinski definition) is 2. The number of benzene rings is 2. The largest absolute Gasteiger partial charge is 0.489 e. The molecule has 0 radical (unpaired) electrons. The number of rotatable bonds is 4. The van der Waals surface area contributed by atoms with E-state index in [1.54, 1.807) is 0 Å². The van der Waals surface area contributed by atoms with Gasteiger partial charge in [0.1, 0.15) is 12.4 Å². The van der Waals surface area contributed by atoms with Crippen LogP contribution in [-0.4, -0.2) is 4.98 Å². The highest BCUT2D eigenvalue weighted by molar-refractivity contribution is 6.30. The van der Waals surface area contributed by atoms with Crippen LogP contribution < -0.4 is 10.5 Å². The maximum absolute atomic E-state index is 5.94. The quantitative estimate of drug-likeness (QED) is 0.765. The molecule has 1 aromatic heterocycles. The molecule has 0 fully saturated rings. The zero-order valence-electron chi connectivity index (χ0n) is 10.9. The Bertz CT molecular complexity index is 736. The third-order valence-electron chi connectivity index (χ3n) is 3.26. The predicted molar refractivity (Wildman–Crippen MR) is 82.0 cm³/mol. The Labute approximate surface area is 122 Å². The summed E-state index contributed by atoms with van der Waals surface area (Å²) in [6.07, 6.45) is 1.97. The molecular weight excluding hydrogens is 272 g/mol. The van der Waals surface area contributed by atoms with Crippen LogP contribution in [-0.2, 0) is 13.2 Å². The summed E-state index contributed by atoms with van der Waals surface area (Å²) in [6, 6.07) is 13.6. The van der Waals surface area contributed by atoms with Gasteiger partial charge in [0.2, 0.25) is 0 Å². The summed E-state index contributed by atoms with van der Waals surface area (Å²) in [5.74, 6) is 0.769. The molecule has 2 aromatic carbocycles. The predicted octanol–water partition coefficient (Wildman–Crippen LogP) is 3.86. The van der Waals surface area contributed by atoms with Crippen LogP contribution >= 0.6 is 11.6 Å². The Morgan fingerprint density at radius 1 is 1.15 bits per heavy atom. The van der Waals surface area contributed by atoms with E-state index >= 15 is 0 Å². The van der Waals surface area contributed by atoms with Gasteiger partial charge in [0.15, 0.2) is 0 Å². The van der Waals surface area contributed by atoms with Crippen molar-refractivity contribution in [3.8, 4) is 5.75 Å². The Kier molecular flexibility index (Phi) is 3.63. The summed E-state index contributed by atoms with van der Waals surface area (Å²) in [6.45, 7) is 1.05. The van der Waals surface area contributed by atoms with E-state index in [1.165, 1.54) is 0 Å². The van der Waals surface area contributed by atoms with Gasteiger partial charge in [0.05, 0.1) is 0 Å². The van der Waals surface area contributed by atoms with Gasteiger partial charge in [-0.1, -0.05) is 29.8 Å². The lowest BCUT2D eigenvalue weighted by atomic mass is 10.1. The van der Waals surface area contributed by atoms with Crippen molar-refractivity contribution in [2.45, 2.75) is 13.2 Å². The van der Waals surface area contributed by atoms with Crippen LogP contribution in [0.3, 0.4) is 0 Å². The van der Waals surface area contributed by atoms with Gasteiger partial charge in [-0.3, -0.25) is 0 Å². The van der Waals surface area contributed by atoms with Crippen LogP contribution in [0.5, 0.6) is 5.75 Å². The van der Waals surface area contributed by atoms with Gasteiger partial charge in [0, 0.05) is 34.2 Å². The third-order valence-corrected chi connectivity index (χ3v) is 3.49. The molecule has 0 saturated carbocycles. The minimum atomic E-state index is 0.502. The van der Waals surface area contributed by atoms with Crippen molar-refractivity contribution >= 4 is 22.5 Å². The molecule has 1 heterocycles. The minimum absolute atomic E-state index is 0.502. The molecular formula is C16H15ClN2O. The lowest BCUT2D eigenvalue weighted by Gasteiger charge is -2.05. The van der Waals surface area contributed by atoms with Crippen molar-refractivity contribution in [3.05, 3.63) is 64.8 Å². The Morgan fingerprint density at radius 3 is 2.85 bits per heavy atom. The van der Waals surface area contributed by atoms with E-state index in [2.05, 4.69) is 17.1 Å². The topological polar surface area (TPSA) is 51.0 Å². The van der Waals surface area contributed by atoms with Crippen LogP contribution in [0.4, 0.5) is 0 Å². The van der Waals surface area contributed by atoms with Gasteiger partial charge in [0.25, 0.3) is 0 Å². The first-order valence-electron chi connectivity index (χ1n) is 6.43. The maximum Gasteiger partial charge on any atom is 0.121 e. The Balaban J connectivity index is 1.81. The van der Waals surface area contributed by atoms with Crippen molar-refractivity contribution in [3.63, 3.8) is 0 Å². The number of fused-ring (bicyclic) bond motifs is 1. The Morgan fingerprint density at radius 2 is 2.05 bits per heavy atom.